The standard InChI is InChI=1S/C40H45F2N7O5/c1-6-28-30(41)11-8-23-16-27(50)17-29(31(23)28)34-33(42)35-32(37(44-34)54-22(2)3)36(48-18-24-9-10-25(19-48)43-24)46-38(45-35)53-21-40-13-7-15-49(40)26(12-14-40)20-52-39(51)47(4)5/h1,8,11,16-17,22,24-26,43,50H,7,9-10,12-15,18-21H2,2-5H3/t24?,25?,26-,40+/m0/s1. The van der Waals surface area contributed by atoms with Crippen molar-refractivity contribution in [2.45, 2.75) is 82.1 Å². The lowest BCUT2D eigenvalue weighted by Gasteiger charge is -2.35. The van der Waals surface area contributed by atoms with Crippen molar-refractivity contribution in [2.24, 2.45) is 0 Å². The Morgan fingerprint density at radius 3 is 2.61 bits per heavy atom. The Labute approximate surface area is 312 Å². The van der Waals surface area contributed by atoms with Gasteiger partial charge in [0.1, 0.15) is 47.2 Å². The van der Waals surface area contributed by atoms with Crippen LogP contribution in [0.1, 0.15) is 57.9 Å². The molecule has 2 N–H and O–H groups in total. The molecule has 2 aromatic heterocycles. The fourth-order valence-electron chi connectivity index (χ4n) is 8.89. The van der Waals surface area contributed by atoms with E-state index in [1.807, 2.05) is 13.8 Å². The van der Waals surface area contributed by atoms with E-state index in [2.05, 4.69) is 21.0 Å². The van der Waals surface area contributed by atoms with Gasteiger partial charge >= 0.3 is 12.1 Å². The second-order valence-corrected chi connectivity index (χ2v) is 15.5. The number of aromatic hydroxyl groups is 1. The first-order valence-electron chi connectivity index (χ1n) is 18.7. The second-order valence-electron chi connectivity index (χ2n) is 15.5. The van der Waals surface area contributed by atoms with Gasteiger partial charge in [-0.25, -0.2) is 18.6 Å². The molecule has 12 nitrogen and oxygen atoms in total. The number of halogens is 2. The Hall–Kier alpha value is -5.00. The van der Waals surface area contributed by atoms with E-state index < -0.39 is 11.6 Å². The highest BCUT2D eigenvalue weighted by Crippen LogP contribution is 2.45. The molecular formula is C40H45F2N7O5. The summed E-state index contributed by atoms with van der Waals surface area (Å²) in [6.07, 6.45) is 10.6. The number of ether oxygens (including phenoxy) is 3. The topological polar surface area (TPSA) is 125 Å². The number of carbonyl (C=O) groups is 1. The number of anilines is 1. The third kappa shape index (κ3) is 6.36. The molecule has 4 aromatic rings. The summed E-state index contributed by atoms with van der Waals surface area (Å²) in [5.74, 6) is 1.32. The smallest absolute Gasteiger partial charge is 0.409 e. The molecule has 8 rings (SSSR count). The monoisotopic (exact) mass is 741 g/mol. The van der Waals surface area contributed by atoms with Gasteiger partial charge in [-0.05, 0) is 82.5 Å². The molecule has 4 atom stereocenters. The predicted octanol–water partition coefficient (Wildman–Crippen LogP) is 5.61. The van der Waals surface area contributed by atoms with E-state index in [4.69, 9.17) is 35.6 Å². The molecular weight excluding hydrogens is 696 g/mol. The van der Waals surface area contributed by atoms with Crippen LogP contribution in [-0.2, 0) is 4.74 Å². The number of rotatable bonds is 9. The molecule has 4 fully saturated rings. The van der Waals surface area contributed by atoms with E-state index in [1.165, 1.54) is 29.2 Å². The zero-order chi connectivity index (χ0) is 37.9. The molecule has 2 unspecified atom stereocenters. The van der Waals surface area contributed by atoms with Crippen molar-refractivity contribution in [3.63, 3.8) is 0 Å². The van der Waals surface area contributed by atoms with Gasteiger partial charge in [0.25, 0.3) is 0 Å². The van der Waals surface area contributed by atoms with E-state index in [1.54, 1.807) is 14.1 Å². The van der Waals surface area contributed by atoms with Gasteiger partial charge in [-0.3, -0.25) is 4.90 Å². The maximum Gasteiger partial charge on any atom is 0.409 e. The quantitative estimate of drug-likeness (QED) is 0.208. The number of hydrogen-bond acceptors (Lipinski definition) is 11. The Balaban J connectivity index is 1.25. The number of phenols is 1. The number of benzene rings is 2. The molecule has 54 heavy (non-hydrogen) atoms. The normalized spacial score (nSPS) is 23.6. The van der Waals surface area contributed by atoms with E-state index in [0.29, 0.717) is 29.7 Å². The number of piperazine rings is 1. The Kier molecular flexibility index (Phi) is 9.34. The molecule has 284 valence electrons. The fourth-order valence-corrected chi connectivity index (χ4v) is 8.89. The van der Waals surface area contributed by atoms with Crippen molar-refractivity contribution in [2.75, 3.05) is 51.8 Å². The third-order valence-corrected chi connectivity index (χ3v) is 11.3. The molecule has 1 amide bonds. The van der Waals surface area contributed by atoms with E-state index in [-0.39, 0.29) is 94.4 Å². The number of nitrogens with zero attached hydrogens (tertiary/aromatic N) is 6. The molecule has 2 bridgehead atoms. The van der Waals surface area contributed by atoms with Gasteiger partial charge in [-0.1, -0.05) is 12.0 Å². The highest BCUT2D eigenvalue weighted by Gasteiger charge is 2.50. The van der Waals surface area contributed by atoms with Crippen molar-refractivity contribution in [3.8, 4) is 41.2 Å². The zero-order valence-electron chi connectivity index (χ0n) is 31.0. The Bertz CT molecular complexity index is 2170. The summed E-state index contributed by atoms with van der Waals surface area (Å²) >= 11 is 0. The van der Waals surface area contributed by atoms with Crippen LogP contribution in [0.2, 0.25) is 0 Å². The first kappa shape index (κ1) is 36.0. The van der Waals surface area contributed by atoms with Crippen molar-refractivity contribution >= 4 is 33.6 Å². The average molecular weight is 742 g/mol. The van der Waals surface area contributed by atoms with Gasteiger partial charge < -0.3 is 34.4 Å². The minimum Gasteiger partial charge on any atom is -0.508 e. The van der Waals surface area contributed by atoms with Crippen LogP contribution < -0.4 is 19.7 Å². The summed E-state index contributed by atoms with van der Waals surface area (Å²) in [5.41, 5.74) is -0.571. The molecule has 0 saturated carbocycles. The molecule has 0 radical (unpaired) electrons. The van der Waals surface area contributed by atoms with Gasteiger partial charge in [0.15, 0.2) is 5.82 Å². The van der Waals surface area contributed by atoms with Crippen LogP contribution in [0.3, 0.4) is 0 Å². The molecule has 4 aliphatic heterocycles. The summed E-state index contributed by atoms with van der Waals surface area (Å²) in [4.78, 5) is 32.6. The second kappa shape index (κ2) is 14.0. The molecule has 4 saturated heterocycles. The summed E-state index contributed by atoms with van der Waals surface area (Å²) in [5, 5.41) is 15.4. The lowest BCUT2D eigenvalue weighted by Crippen LogP contribution is -2.51. The van der Waals surface area contributed by atoms with Gasteiger partial charge in [-0.15, -0.1) is 6.42 Å². The van der Waals surface area contributed by atoms with E-state index in [0.717, 1.165) is 45.1 Å². The van der Waals surface area contributed by atoms with Gasteiger partial charge in [-0.2, -0.15) is 9.97 Å². The van der Waals surface area contributed by atoms with Crippen LogP contribution in [-0.4, -0.2) is 113 Å². The van der Waals surface area contributed by atoms with Crippen molar-refractivity contribution in [1.29, 1.82) is 0 Å². The number of carbonyl (C=O) groups excluding carboxylic acids is 1. The van der Waals surface area contributed by atoms with Gasteiger partial charge in [0.05, 0.1) is 17.2 Å². The van der Waals surface area contributed by atoms with Gasteiger partial charge in [0, 0.05) is 56.3 Å². The van der Waals surface area contributed by atoms with Crippen LogP contribution in [0.15, 0.2) is 24.3 Å². The van der Waals surface area contributed by atoms with E-state index in [9.17, 15) is 9.90 Å². The zero-order valence-corrected chi connectivity index (χ0v) is 31.0. The van der Waals surface area contributed by atoms with Crippen molar-refractivity contribution in [3.05, 3.63) is 41.5 Å². The number of amides is 1. The highest BCUT2D eigenvalue weighted by molar-refractivity contribution is 6.04. The SMILES string of the molecule is C#Cc1c(F)ccc2cc(O)cc(-c3nc(OC(C)C)c4c(N5CC6CCC(C5)N6)nc(OC[C@]56CCCN5[C@H](COC(=O)N(C)C)CC6)nc4c3F)c12. The lowest BCUT2D eigenvalue weighted by atomic mass is 9.95. The first-order chi connectivity index (χ1) is 25.9. The van der Waals surface area contributed by atoms with Crippen LogP contribution in [0, 0.1) is 24.0 Å². The Morgan fingerprint density at radius 1 is 1.11 bits per heavy atom. The van der Waals surface area contributed by atoms with Crippen molar-refractivity contribution < 1.29 is 32.9 Å². The number of hydrogen-bond donors (Lipinski definition) is 2. The maximum absolute atomic E-state index is 17.4. The number of phenolic OH excluding ortho intramolecular Hbond substituents is 1. The summed E-state index contributed by atoms with van der Waals surface area (Å²) < 4.78 is 50.9. The first-order valence-corrected chi connectivity index (χ1v) is 18.7. The number of terminal acetylenes is 1. The minimum absolute atomic E-state index is 0.00904. The van der Waals surface area contributed by atoms with Crippen LogP contribution >= 0.6 is 0 Å². The average Bonchev–Trinajstić information content (AvgIpc) is 3.82. The van der Waals surface area contributed by atoms with Crippen LogP contribution in [0.4, 0.5) is 19.4 Å². The van der Waals surface area contributed by atoms with Crippen LogP contribution in [0.5, 0.6) is 17.6 Å². The molecule has 4 aliphatic rings. The predicted molar refractivity (Wildman–Crippen MR) is 200 cm³/mol. The van der Waals surface area contributed by atoms with E-state index >= 15 is 8.78 Å². The van der Waals surface area contributed by atoms with Crippen molar-refractivity contribution in [1.82, 2.24) is 30.1 Å². The number of nitrogens with one attached hydrogen (secondary N) is 1. The third-order valence-electron chi connectivity index (χ3n) is 11.3. The molecule has 0 spiro atoms. The molecule has 6 heterocycles. The lowest BCUT2D eigenvalue weighted by molar-refractivity contribution is 0.0484. The fraction of sp³-hybridized carbons (Fsp3) is 0.500. The summed E-state index contributed by atoms with van der Waals surface area (Å²) in [6, 6.07) is 6.01. The highest BCUT2D eigenvalue weighted by atomic mass is 19.1. The summed E-state index contributed by atoms with van der Waals surface area (Å²) in [6.45, 7) is 6.36. The molecule has 14 heteroatoms. The number of pyridine rings is 1. The molecule has 2 aromatic carbocycles. The maximum atomic E-state index is 17.4. The van der Waals surface area contributed by atoms with Crippen LogP contribution in [0.25, 0.3) is 32.9 Å². The molecule has 0 aliphatic carbocycles. The largest absolute Gasteiger partial charge is 0.508 e. The Morgan fingerprint density at radius 2 is 1.89 bits per heavy atom. The minimum atomic E-state index is -0.809. The van der Waals surface area contributed by atoms with Gasteiger partial charge in [0.2, 0.25) is 5.88 Å². The number of aromatic nitrogens is 3. The number of fused-ring (bicyclic) bond motifs is 5. The summed E-state index contributed by atoms with van der Waals surface area (Å²) in [7, 11) is 3.32.